The first-order chi connectivity index (χ1) is 14.9. The molecular weight excluding hydrogens is 503 g/mol. The summed E-state index contributed by atoms with van der Waals surface area (Å²) in [6.07, 6.45) is 0. The maximum atomic E-state index is 14.4. The number of nitrogens with zero attached hydrogens (tertiary/aromatic N) is 2. The molecule has 0 aromatic heterocycles. The predicted molar refractivity (Wildman–Crippen MR) is 124 cm³/mol. The SMILES string of the molecule is O=S(=O)(c1cccc(Cl)c1F)N1CCN(C(c2ccccc2)c2ccc(Br)cc2)CC1. The third kappa shape index (κ3) is 4.71. The smallest absolute Gasteiger partial charge is 0.246 e. The topological polar surface area (TPSA) is 40.6 Å². The molecule has 1 aliphatic heterocycles. The molecule has 0 amide bonds. The Kier molecular flexibility index (Phi) is 6.79. The molecule has 0 saturated carbocycles. The van der Waals surface area contributed by atoms with Crippen LogP contribution in [0.4, 0.5) is 4.39 Å². The average Bonchev–Trinajstić information content (AvgIpc) is 2.78. The third-order valence-electron chi connectivity index (χ3n) is 5.47. The molecular formula is C23H21BrClFN2O2S. The van der Waals surface area contributed by atoms with Crippen molar-refractivity contribution >= 4 is 37.6 Å². The van der Waals surface area contributed by atoms with Gasteiger partial charge >= 0.3 is 0 Å². The van der Waals surface area contributed by atoms with E-state index in [1.807, 2.05) is 30.3 Å². The van der Waals surface area contributed by atoms with E-state index in [1.54, 1.807) is 0 Å². The third-order valence-corrected chi connectivity index (χ3v) is 8.21. The van der Waals surface area contributed by atoms with Gasteiger partial charge in [0.1, 0.15) is 4.90 Å². The van der Waals surface area contributed by atoms with Crippen LogP contribution >= 0.6 is 27.5 Å². The van der Waals surface area contributed by atoms with Gasteiger partial charge in [0.2, 0.25) is 10.0 Å². The maximum absolute atomic E-state index is 14.4. The molecule has 1 saturated heterocycles. The second-order valence-electron chi connectivity index (χ2n) is 7.36. The van der Waals surface area contributed by atoms with Crippen molar-refractivity contribution in [2.24, 2.45) is 0 Å². The fraction of sp³-hybridized carbons (Fsp3) is 0.217. The highest BCUT2D eigenvalue weighted by atomic mass is 79.9. The van der Waals surface area contributed by atoms with Gasteiger partial charge in [-0.05, 0) is 35.4 Å². The van der Waals surface area contributed by atoms with E-state index in [4.69, 9.17) is 11.6 Å². The molecule has 1 heterocycles. The van der Waals surface area contributed by atoms with E-state index in [0.29, 0.717) is 13.1 Å². The normalized spacial score (nSPS) is 16.9. The second kappa shape index (κ2) is 9.38. The van der Waals surface area contributed by atoms with Crippen molar-refractivity contribution in [3.05, 3.63) is 99.2 Å². The molecule has 0 bridgehead atoms. The van der Waals surface area contributed by atoms with Crippen LogP contribution in [0.25, 0.3) is 0 Å². The predicted octanol–water partition coefficient (Wildman–Crippen LogP) is 5.34. The van der Waals surface area contributed by atoms with E-state index in [9.17, 15) is 12.8 Å². The van der Waals surface area contributed by atoms with Crippen LogP contribution in [0.2, 0.25) is 5.02 Å². The van der Waals surface area contributed by atoms with Crippen LogP contribution in [-0.4, -0.2) is 43.8 Å². The molecule has 0 N–H and O–H groups in total. The van der Waals surface area contributed by atoms with Gasteiger partial charge < -0.3 is 0 Å². The minimum absolute atomic E-state index is 0.00191. The van der Waals surface area contributed by atoms with E-state index in [-0.39, 0.29) is 29.0 Å². The highest BCUT2D eigenvalue weighted by Crippen LogP contribution is 2.32. The standard InChI is InChI=1S/C23H21BrClFN2O2S/c24-19-11-9-18(10-12-19)23(17-5-2-1-3-6-17)27-13-15-28(16-14-27)31(29,30)21-8-4-7-20(25)22(21)26/h1-12,23H,13-16H2. The second-order valence-corrected chi connectivity index (χ2v) is 10.6. The van der Waals surface area contributed by atoms with Crippen molar-refractivity contribution < 1.29 is 12.8 Å². The largest absolute Gasteiger partial charge is 0.290 e. The Bertz CT molecular complexity index is 1150. The molecule has 0 aliphatic carbocycles. The van der Waals surface area contributed by atoms with Crippen LogP contribution in [0.1, 0.15) is 17.2 Å². The minimum atomic E-state index is -3.96. The van der Waals surface area contributed by atoms with Crippen LogP contribution in [0.5, 0.6) is 0 Å². The van der Waals surface area contributed by atoms with Gasteiger partial charge in [0.15, 0.2) is 5.82 Å². The van der Waals surface area contributed by atoms with Crippen molar-refractivity contribution in [1.29, 1.82) is 0 Å². The molecule has 8 heteroatoms. The molecule has 4 nitrogen and oxygen atoms in total. The maximum Gasteiger partial charge on any atom is 0.246 e. The molecule has 162 valence electrons. The van der Waals surface area contributed by atoms with E-state index < -0.39 is 15.8 Å². The van der Waals surface area contributed by atoms with Crippen molar-refractivity contribution in [3.8, 4) is 0 Å². The summed E-state index contributed by atoms with van der Waals surface area (Å²) in [5.41, 5.74) is 2.27. The van der Waals surface area contributed by atoms with Crippen LogP contribution in [-0.2, 0) is 10.0 Å². The lowest BCUT2D eigenvalue weighted by molar-refractivity contribution is 0.155. The van der Waals surface area contributed by atoms with Crippen molar-refractivity contribution in [1.82, 2.24) is 9.21 Å². The first kappa shape index (κ1) is 22.4. The van der Waals surface area contributed by atoms with E-state index in [2.05, 4.69) is 45.1 Å². The van der Waals surface area contributed by atoms with Gasteiger partial charge in [-0.1, -0.05) is 76.1 Å². The molecule has 3 aromatic rings. The van der Waals surface area contributed by atoms with E-state index in [1.165, 1.54) is 22.5 Å². The van der Waals surface area contributed by atoms with Crippen LogP contribution in [0.15, 0.2) is 82.2 Å². The van der Waals surface area contributed by atoms with Crippen molar-refractivity contribution in [2.75, 3.05) is 26.2 Å². The molecule has 1 atom stereocenters. The summed E-state index contributed by atoms with van der Waals surface area (Å²) in [7, 11) is -3.96. The Morgan fingerprint density at radius 1 is 0.839 bits per heavy atom. The number of sulfonamides is 1. The average molecular weight is 524 g/mol. The highest BCUT2D eigenvalue weighted by Gasteiger charge is 2.34. The highest BCUT2D eigenvalue weighted by molar-refractivity contribution is 9.10. The quantitative estimate of drug-likeness (QED) is 0.453. The van der Waals surface area contributed by atoms with Crippen molar-refractivity contribution in [3.63, 3.8) is 0 Å². The zero-order valence-electron chi connectivity index (χ0n) is 16.6. The summed E-state index contributed by atoms with van der Waals surface area (Å²) in [4.78, 5) is 1.89. The van der Waals surface area contributed by atoms with Crippen LogP contribution in [0, 0.1) is 5.82 Å². The van der Waals surface area contributed by atoms with Crippen LogP contribution in [0.3, 0.4) is 0 Å². The first-order valence-electron chi connectivity index (χ1n) is 9.86. The summed E-state index contributed by atoms with van der Waals surface area (Å²) in [6.45, 7) is 1.59. The Morgan fingerprint density at radius 3 is 2.10 bits per heavy atom. The zero-order valence-corrected chi connectivity index (χ0v) is 19.7. The van der Waals surface area contributed by atoms with Crippen LogP contribution < -0.4 is 0 Å². The van der Waals surface area contributed by atoms with Gasteiger partial charge in [0.05, 0.1) is 11.1 Å². The van der Waals surface area contributed by atoms with E-state index >= 15 is 0 Å². The Morgan fingerprint density at radius 2 is 1.45 bits per heavy atom. The Labute approximate surface area is 195 Å². The van der Waals surface area contributed by atoms with Gasteiger partial charge in [-0.3, -0.25) is 4.90 Å². The number of benzene rings is 3. The summed E-state index contributed by atoms with van der Waals surface area (Å²) >= 11 is 9.28. The van der Waals surface area contributed by atoms with Crippen molar-refractivity contribution in [2.45, 2.75) is 10.9 Å². The lowest BCUT2D eigenvalue weighted by Gasteiger charge is -2.39. The molecule has 0 radical (unpaired) electrons. The monoisotopic (exact) mass is 522 g/mol. The van der Waals surface area contributed by atoms with Gasteiger partial charge in [-0.15, -0.1) is 0 Å². The molecule has 4 rings (SSSR count). The zero-order chi connectivity index (χ0) is 22.0. The molecule has 31 heavy (non-hydrogen) atoms. The molecule has 1 fully saturated rings. The number of hydrogen-bond donors (Lipinski definition) is 0. The summed E-state index contributed by atoms with van der Waals surface area (Å²) in [6, 6.07) is 22.4. The number of hydrogen-bond acceptors (Lipinski definition) is 3. The number of halogens is 3. The summed E-state index contributed by atoms with van der Waals surface area (Å²) < 4.78 is 42.8. The lowest BCUT2D eigenvalue weighted by atomic mass is 9.96. The fourth-order valence-corrected chi connectivity index (χ4v) is 5.92. The van der Waals surface area contributed by atoms with E-state index in [0.717, 1.165) is 15.6 Å². The molecule has 0 spiro atoms. The first-order valence-corrected chi connectivity index (χ1v) is 12.5. The Hall–Kier alpha value is -1.77. The minimum Gasteiger partial charge on any atom is -0.290 e. The summed E-state index contributed by atoms with van der Waals surface area (Å²) in [5, 5.41) is -0.195. The number of rotatable bonds is 5. The van der Waals surface area contributed by atoms with Gasteiger partial charge in [0.25, 0.3) is 0 Å². The number of piperazine rings is 1. The summed E-state index contributed by atoms with van der Waals surface area (Å²) in [5.74, 6) is -0.899. The fourth-order valence-electron chi connectivity index (χ4n) is 3.92. The van der Waals surface area contributed by atoms with Gasteiger partial charge in [0, 0.05) is 30.7 Å². The molecule has 1 unspecified atom stereocenters. The lowest BCUT2D eigenvalue weighted by Crippen LogP contribution is -2.49. The van der Waals surface area contributed by atoms with Gasteiger partial charge in [-0.25, -0.2) is 12.8 Å². The molecule has 3 aromatic carbocycles. The Balaban J connectivity index is 1.58. The van der Waals surface area contributed by atoms with Gasteiger partial charge in [-0.2, -0.15) is 4.31 Å². The molecule has 1 aliphatic rings.